The molecule has 0 saturated carbocycles. The summed E-state index contributed by atoms with van der Waals surface area (Å²) in [6.45, 7) is 4.21. The van der Waals surface area contributed by atoms with Crippen molar-refractivity contribution >= 4 is 11.4 Å². The topological polar surface area (TPSA) is 17.1 Å². The van der Waals surface area contributed by atoms with Crippen molar-refractivity contribution in [3.63, 3.8) is 0 Å². The van der Waals surface area contributed by atoms with Gasteiger partial charge in [0.1, 0.15) is 0 Å². The van der Waals surface area contributed by atoms with E-state index in [1.54, 1.807) is 6.08 Å². The van der Waals surface area contributed by atoms with E-state index in [1.165, 1.54) is 22.3 Å². The molecule has 0 radical (unpaired) electrons. The van der Waals surface area contributed by atoms with Crippen LogP contribution in [-0.4, -0.2) is 5.78 Å². The first-order chi connectivity index (χ1) is 6.66. The van der Waals surface area contributed by atoms with Gasteiger partial charge in [0.05, 0.1) is 0 Å². The van der Waals surface area contributed by atoms with Crippen LogP contribution in [0, 0.1) is 13.8 Å². The number of ketones is 1. The number of allylic oxidation sites excluding steroid dienone is 2. The number of carbonyl (C=O) groups is 1. The molecule has 0 atom stereocenters. The fourth-order valence-electron chi connectivity index (χ4n) is 1.77. The quantitative estimate of drug-likeness (QED) is 0.658. The molecule has 2 rings (SSSR count). The second-order valence-corrected chi connectivity index (χ2v) is 3.93. The molecule has 0 heterocycles. The van der Waals surface area contributed by atoms with Crippen LogP contribution in [0.4, 0.5) is 0 Å². The molecule has 0 fully saturated rings. The van der Waals surface area contributed by atoms with Crippen molar-refractivity contribution in [1.82, 2.24) is 0 Å². The maximum Gasteiger partial charge on any atom is 0.156 e. The van der Waals surface area contributed by atoms with Crippen molar-refractivity contribution in [2.24, 2.45) is 0 Å². The van der Waals surface area contributed by atoms with E-state index in [0.717, 1.165) is 6.42 Å². The third-order valence-electron chi connectivity index (χ3n) is 2.85. The van der Waals surface area contributed by atoms with Gasteiger partial charge >= 0.3 is 0 Å². The van der Waals surface area contributed by atoms with Crippen LogP contribution in [0.15, 0.2) is 24.3 Å². The molecule has 0 spiro atoms. The first kappa shape index (κ1) is 9.20. The Morgan fingerprint density at radius 2 is 1.86 bits per heavy atom. The molecule has 0 unspecified atom stereocenters. The normalized spacial score (nSPS) is 15.9. The van der Waals surface area contributed by atoms with Gasteiger partial charge in [-0.25, -0.2) is 0 Å². The summed E-state index contributed by atoms with van der Waals surface area (Å²) in [4.78, 5) is 11.1. The Bertz CT molecular complexity index is 413. The average molecular weight is 186 g/mol. The van der Waals surface area contributed by atoms with Crippen LogP contribution < -0.4 is 0 Å². The van der Waals surface area contributed by atoms with Crippen LogP contribution in [0.3, 0.4) is 0 Å². The smallest absolute Gasteiger partial charge is 0.156 e. The van der Waals surface area contributed by atoms with E-state index in [0.29, 0.717) is 6.42 Å². The van der Waals surface area contributed by atoms with Crippen LogP contribution in [0.25, 0.3) is 5.57 Å². The summed E-state index contributed by atoms with van der Waals surface area (Å²) in [7, 11) is 0. The summed E-state index contributed by atoms with van der Waals surface area (Å²) in [5.41, 5.74) is 5.00. The monoisotopic (exact) mass is 186 g/mol. The number of aryl methyl sites for hydroxylation is 2. The Labute approximate surface area is 84.5 Å². The average Bonchev–Trinajstić information content (AvgIpc) is 2.57. The van der Waals surface area contributed by atoms with E-state index in [2.05, 4.69) is 32.0 Å². The minimum Gasteiger partial charge on any atom is -0.295 e. The van der Waals surface area contributed by atoms with E-state index < -0.39 is 0 Å². The van der Waals surface area contributed by atoms with Crippen molar-refractivity contribution < 1.29 is 4.79 Å². The van der Waals surface area contributed by atoms with Crippen molar-refractivity contribution in [2.45, 2.75) is 26.7 Å². The molecule has 1 aliphatic rings. The van der Waals surface area contributed by atoms with Gasteiger partial charge in [-0.05, 0) is 48.6 Å². The lowest BCUT2D eigenvalue weighted by atomic mass is 10.0. The van der Waals surface area contributed by atoms with Crippen LogP contribution in [-0.2, 0) is 4.79 Å². The van der Waals surface area contributed by atoms with Gasteiger partial charge in [-0.15, -0.1) is 0 Å². The Morgan fingerprint density at radius 3 is 2.43 bits per heavy atom. The lowest BCUT2D eigenvalue weighted by Gasteiger charge is -2.05. The number of carbonyl (C=O) groups excluding carboxylic acids is 1. The highest BCUT2D eigenvalue weighted by Crippen LogP contribution is 2.26. The van der Waals surface area contributed by atoms with Crippen molar-refractivity contribution in [3.8, 4) is 0 Å². The van der Waals surface area contributed by atoms with Gasteiger partial charge in [0.2, 0.25) is 0 Å². The largest absolute Gasteiger partial charge is 0.295 e. The second kappa shape index (κ2) is 3.41. The van der Waals surface area contributed by atoms with Crippen molar-refractivity contribution in [1.29, 1.82) is 0 Å². The first-order valence-corrected chi connectivity index (χ1v) is 4.98. The summed E-state index contributed by atoms with van der Waals surface area (Å²) >= 11 is 0. The minimum absolute atomic E-state index is 0.262. The predicted octanol–water partition coefficient (Wildman–Crippen LogP) is 3.05. The minimum atomic E-state index is 0.262. The van der Waals surface area contributed by atoms with Crippen LogP contribution >= 0.6 is 0 Å². The molecule has 72 valence electrons. The van der Waals surface area contributed by atoms with Crippen LogP contribution in [0.1, 0.15) is 29.5 Å². The molecule has 0 aliphatic heterocycles. The predicted molar refractivity (Wildman–Crippen MR) is 58.1 cm³/mol. The maximum atomic E-state index is 11.1. The first-order valence-electron chi connectivity index (χ1n) is 4.98. The maximum absolute atomic E-state index is 11.1. The summed E-state index contributed by atoms with van der Waals surface area (Å²) in [6.07, 6.45) is 3.37. The molecule has 1 aliphatic carbocycles. The van der Waals surface area contributed by atoms with Gasteiger partial charge in [0.25, 0.3) is 0 Å². The van der Waals surface area contributed by atoms with Crippen LogP contribution in [0.5, 0.6) is 0 Å². The molecule has 14 heavy (non-hydrogen) atoms. The van der Waals surface area contributed by atoms with Gasteiger partial charge in [-0.3, -0.25) is 4.79 Å². The summed E-state index contributed by atoms with van der Waals surface area (Å²) in [5, 5.41) is 0. The van der Waals surface area contributed by atoms with Crippen molar-refractivity contribution in [2.75, 3.05) is 0 Å². The zero-order valence-electron chi connectivity index (χ0n) is 8.63. The zero-order valence-corrected chi connectivity index (χ0v) is 8.63. The van der Waals surface area contributed by atoms with Gasteiger partial charge in [0, 0.05) is 6.42 Å². The molecule has 0 bridgehead atoms. The second-order valence-electron chi connectivity index (χ2n) is 3.93. The summed E-state index contributed by atoms with van der Waals surface area (Å²) in [6, 6.07) is 6.39. The molecular weight excluding hydrogens is 172 g/mol. The van der Waals surface area contributed by atoms with E-state index in [4.69, 9.17) is 0 Å². The molecule has 0 saturated heterocycles. The molecule has 1 heteroatoms. The molecule has 0 aromatic heterocycles. The van der Waals surface area contributed by atoms with E-state index in [1.807, 2.05) is 0 Å². The van der Waals surface area contributed by atoms with Crippen molar-refractivity contribution in [3.05, 3.63) is 41.0 Å². The molecule has 0 N–H and O–H groups in total. The van der Waals surface area contributed by atoms with Gasteiger partial charge < -0.3 is 0 Å². The number of rotatable bonds is 1. The Kier molecular flexibility index (Phi) is 2.24. The molecule has 0 amide bonds. The fraction of sp³-hybridized carbons (Fsp3) is 0.308. The van der Waals surface area contributed by atoms with Gasteiger partial charge in [0.15, 0.2) is 5.78 Å². The zero-order chi connectivity index (χ0) is 10.1. The third-order valence-corrected chi connectivity index (χ3v) is 2.85. The van der Waals surface area contributed by atoms with Crippen LogP contribution in [0.2, 0.25) is 0 Å². The third kappa shape index (κ3) is 1.63. The van der Waals surface area contributed by atoms with E-state index >= 15 is 0 Å². The lowest BCUT2D eigenvalue weighted by molar-refractivity contribution is -0.114. The Hall–Kier alpha value is -1.37. The van der Waals surface area contributed by atoms with Gasteiger partial charge in [-0.2, -0.15) is 0 Å². The lowest BCUT2D eigenvalue weighted by Crippen LogP contribution is -1.85. The highest BCUT2D eigenvalue weighted by molar-refractivity contribution is 6.01. The Balaban J connectivity index is 2.38. The molecule has 1 aromatic carbocycles. The number of hydrogen-bond acceptors (Lipinski definition) is 1. The SMILES string of the molecule is Cc1ccc(C2=CC(=O)CC2)cc1C. The van der Waals surface area contributed by atoms with E-state index in [-0.39, 0.29) is 5.78 Å². The number of hydrogen-bond donors (Lipinski definition) is 0. The molecule has 1 nitrogen and oxygen atoms in total. The Morgan fingerprint density at radius 1 is 1.07 bits per heavy atom. The molecule has 1 aromatic rings. The summed E-state index contributed by atoms with van der Waals surface area (Å²) in [5.74, 6) is 0.262. The highest BCUT2D eigenvalue weighted by atomic mass is 16.1. The number of benzene rings is 1. The van der Waals surface area contributed by atoms with E-state index in [9.17, 15) is 4.79 Å². The summed E-state index contributed by atoms with van der Waals surface area (Å²) < 4.78 is 0. The standard InChI is InChI=1S/C13H14O/c1-9-3-4-11(7-10(9)2)12-5-6-13(14)8-12/h3-4,7-8H,5-6H2,1-2H3. The molecular formula is C13H14O. The fourth-order valence-corrected chi connectivity index (χ4v) is 1.77. The highest BCUT2D eigenvalue weighted by Gasteiger charge is 2.13. The van der Waals surface area contributed by atoms with Gasteiger partial charge in [-0.1, -0.05) is 18.2 Å².